The number of phosphoric acid groups is 4. The van der Waals surface area contributed by atoms with Gasteiger partial charge in [-0.05, 0) is 31.2 Å². The van der Waals surface area contributed by atoms with Crippen molar-refractivity contribution < 1.29 is 69.7 Å². The van der Waals surface area contributed by atoms with Gasteiger partial charge in [0.15, 0.2) is 0 Å². The van der Waals surface area contributed by atoms with Gasteiger partial charge < -0.3 is 28.8 Å². The zero-order chi connectivity index (χ0) is 24.4. The van der Waals surface area contributed by atoms with E-state index in [9.17, 15) is 28.0 Å². The van der Waals surface area contributed by atoms with Gasteiger partial charge in [0.1, 0.15) is 18.0 Å². The smallest absolute Gasteiger partial charge is 0.404 e. The molecule has 0 aliphatic carbocycles. The van der Waals surface area contributed by atoms with Crippen molar-refractivity contribution in [1.29, 1.82) is 0 Å². The normalized spacial score (nSPS) is 27.3. The average molecular weight is 563 g/mol. The Morgan fingerprint density at radius 1 is 0.969 bits per heavy atom. The van der Waals surface area contributed by atoms with Crippen molar-refractivity contribution in [2.45, 2.75) is 31.7 Å². The molecule has 0 bridgehead atoms. The highest BCUT2D eigenvalue weighted by atomic mass is 35.5. The summed E-state index contributed by atoms with van der Waals surface area (Å²) in [7, 11) is -21.3. The van der Waals surface area contributed by atoms with Crippen molar-refractivity contribution in [2.24, 2.45) is 0 Å². The van der Waals surface area contributed by atoms with Crippen molar-refractivity contribution in [3.63, 3.8) is 0 Å². The van der Waals surface area contributed by atoms with Crippen molar-refractivity contribution in [2.75, 3.05) is 6.61 Å². The summed E-state index contributed by atoms with van der Waals surface area (Å²) in [5, 5.41) is 0.357. The Labute approximate surface area is 186 Å². The van der Waals surface area contributed by atoms with Gasteiger partial charge in [0.05, 0.1) is 12.7 Å². The van der Waals surface area contributed by atoms with Crippen LogP contribution in [0, 0.1) is 0 Å². The summed E-state index contributed by atoms with van der Waals surface area (Å²) >= 11 is 5.72. The molecule has 5 N–H and O–H groups in total. The fourth-order valence-corrected chi connectivity index (χ4v) is 6.62. The number of phosphoric ester groups is 2. The van der Waals surface area contributed by atoms with Crippen molar-refractivity contribution in [3.8, 4) is 5.75 Å². The molecule has 32 heavy (non-hydrogen) atoms. The Balaban J connectivity index is 1.99. The predicted octanol–water partition coefficient (Wildman–Crippen LogP) is 2.73. The maximum absolute atomic E-state index is 12.3. The van der Waals surface area contributed by atoms with Crippen molar-refractivity contribution in [1.82, 2.24) is 0 Å². The van der Waals surface area contributed by atoms with E-state index in [0.717, 1.165) is 0 Å². The van der Waals surface area contributed by atoms with Crippen LogP contribution in [0.5, 0.6) is 5.75 Å². The number of benzene rings is 1. The summed E-state index contributed by atoms with van der Waals surface area (Å²) in [6.45, 7) is 0.711. The lowest BCUT2D eigenvalue weighted by Gasteiger charge is -2.22. The molecule has 0 aromatic heterocycles. The fraction of sp³-hybridized carbons (Fsp3) is 0.500. The van der Waals surface area contributed by atoms with Gasteiger partial charge in [-0.3, -0.25) is 13.9 Å². The van der Waals surface area contributed by atoms with Crippen LogP contribution >= 0.6 is 42.9 Å². The van der Waals surface area contributed by atoms with E-state index in [2.05, 4.69) is 13.1 Å². The summed E-state index contributed by atoms with van der Waals surface area (Å²) in [4.78, 5) is 45.6. The van der Waals surface area contributed by atoms with Gasteiger partial charge in [0.2, 0.25) is 0 Å². The van der Waals surface area contributed by atoms with E-state index in [1.54, 1.807) is 6.92 Å². The van der Waals surface area contributed by atoms with Gasteiger partial charge >= 0.3 is 31.3 Å². The quantitative estimate of drug-likeness (QED) is 0.244. The first kappa shape index (κ1) is 28.1. The maximum atomic E-state index is 12.3. The SMILES string of the molecule is CC1CC(OP(=O)(O)Oc2ccc(Cl)cc2)C(COP(=O)(O)OP(=O)(O)OP(=O)(O)O)O1. The molecule has 1 saturated heterocycles. The van der Waals surface area contributed by atoms with Crippen LogP contribution in [-0.4, -0.2) is 49.4 Å². The Morgan fingerprint density at radius 2 is 1.56 bits per heavy atom. The van der Waals surface area contributed by atoms with Crippen LogP contribution in [0.3, 0.4) is 0 Å². The predicted molar refractivity (Wildman–Crippen MR) is 106 cm³/mol. The molecule has 0 spiro atoms. The number of ether oxygens (including phenoxy) is 1. The van der Waals surface area contributed by atoms with Gasteiger partial charge in [-0.15, -0.1) is 0 Å². The third kappa shape index (κ3) is 9.99. The number of hydrogen-bond acceptors (Lipinski definition) is 10. The monoisotopic (exact) mass is 562 g/mol. The molecule has 0 saturated carbocycles. The molecule has 2 rings (SSSR count). The highest BCUT2D eigenvalue weighted by molar-refractivity contribution is 7.66. The zero-order valence-electron chi connectivity index (χ0n) is 15.9. The van der Waals surface area contributed by atoms with Crippen molar-refractivity contribution >= 4 is 42.9 Å². The van der Waals surface area contributed by atoms with E-state index in [1.807, 2.05) is 0 Å². The Hall–Kier alpha value is -0.170. The molecular formula is C12H19ClO15P4. The first-order valence-corrected chi connectivity index (χ1v) is 14.7. The van der Waals surface area contributed by atoms with E-state index >= 15 is 0 Å². The summed E-state index contributed by atoms with van der Waals surface area (Å²) < 4.78 is 73.1. The van der Waals surface area contributed by atoms with E-state index in [4.69, 9.17) is 40.1 Å². The molecule has 0 radical (unpaired) electrons. The zero-order valence-corrected chi connectivity index (χ0v) is 20.3. The lowest BCUT2D eigenvalue weighted by Crippen LogP contribution is -2.28. The highest BCUT2D eigenvalue weighted by Gasteiger charge is 2.44. The first-order chi connectivity index (χ1) is 14.5. The van der Waals surface area contributed by atoms with Crippen LogP contribution in [0.1, 0.15) is 13.3 Å². The largest absolute Gasteiger partial charge is 0.527 e. The molecule has 1 aliphatic rings. The minimum absolute atomic E-state index is 0.0305. The minimum Gasteiger partial charge on any atom is -0.404 e. The third-order valence-electron chi connectivity index (χ3n) is 3.51. The Bertz CT molecular complexity index is 979. The van der Waals surface area contributed by atoms with Crippen LogP contribution in [0.2, 0.25) is 5.02 Å². The highest BCUT2D eigenvalue weighted by Crippen LogP contribution is 2.66. The Kier molecular flexibility index (Phi) is 9.31. The van der Waals surface area contributed by atoms with Crippen LogP contribution in [0.15, 0.2) is 24.3 Å². The van der Waals surface area contributed by atoms with Gasteiger partial charge in [-0.25, -0.2) is 18.3 Å². The third-order valence-corrected chi connectivity index (χ3v) is 8.54. The van der Waals surface area contributed by atoms with E-state index < -0.39 is 56.2 Å². The minimum atomic E-state index is -5.69. The second kappa shape index (κ2) is 10.6. The summed E-state index contributed by atoms with van der Waals surface area (Å²) in [6.07, 6.45) is -2.92. The van der Waals surface area contributed by atoms with Gasteiger partial charge in [-0.1, -0.05) is 11.6 Å². The molecule has 1 aliphatic heterocycles. The molecule has 0 amide bonds. The molecule has 15 nitrogen and oxygen atoms in total. The topological polar surface area (TPSA) is 225 Å². The lowest BCUT2D eigenvalue weighted by molar-refractivity contribution is -0.0158. The molecule has 1 heterocycles. The van der Waals surface area contributed by atoms with Gasteiger partial charge in [0, 0.05) is 11.4 Å². The van der Waals surface area contributed by atoms with E-state index in [1.165, 1.54) is 24.3 Å². The molecule has 20 heteroatoms. The standard InChI is InChI=1S/C12H19ClO15P4/c1-8-6-11(26-31(19,20)25-10-4-2-9(13)3-5-10)12(24-8)7-23-30(17,18)28-32(21,22)27-29(14,15)16/h2-5,8,11-12H,6-7H2,1H3,(H,17,18)(H,19,20)(H,21,22)(H2,14,15,16). The first-order valence-electron chi connectivity index (χ1n) is 8.35. The van der Waals surface area contributed by atoms with Crippen LogP contribution in [-0.2, 0) is 40.7 Å². The summed E-state index contributed by atoms with van der Waals surface area (Å²) in [6, 6.07) is 5.44. The molecule has 6 unspecified atom stereocenters. The van der Waals surface area contributed by atoms with Crippen LogP contribution in [0.25, 0.3) is 0 Å². The molecule has 1 aromatic carbocycles. The molecule has 1 aromatic rings. The second-order valence-electron chi connectivity index (χ2n) is 6.27. The average Bonchev–Trinajstić information content (AvgIpc) is 2.90. The second-order valence-corrected chi connectivity index (χ2v) is 12.5. The van der Waals surface area contributed by atoms with Crippen LogP contribution < -0.4 is 4.52 Å². The van der Waals surface area contributed by atoms with Crippen molar-refractivity contribution in [3.05, 3.63) is 29.3 Å². The summed E-state index contributed by atoms with van der Waals surface area (Å²) in [5.41, 5.74) is 0. The van der Waals surface area contributed by atoms with Gasteiger partial charge in [-0.2, -0.15) is 8.62 Å². The Morgan fingerprint density at radius 3 is 2.12 bits per heavy atom. The number of hydrogen-bond donors (Lipinski definition) is 5. The molecule has 6 atom stereocenters. The molecule has 184 valence electrons. The molecule has 1 fully saturated rings. The fourth-order valence-electron chi connectivity index (χ4n) is 2.47. The summed E-state index contributed by atoms with van der Waals surface area (Å²) in [5.74, 6) is -0.0305. The maximum Gasteiger partial charge on any atom is 0.527 e. The van der Waals surface area contributed by atoms with Gasteiger partial charge in [0.25, 0.3) is 0 Å². The number of rotatable bonds is 11. The lowest BCUT2D eigenvalue weighted by atomic mass is 10.1. The van der Waals surface area contributed by atoms with Crippen LogP contribution in [0.4, 0.5) is 0 Å². The van der Waals surface area contributed by atoms with E-state index in [0.29, 0.717) is 5.02 Å². The van der Waals surface area contributed by atoms with E-state index in [-0.39, 0.29) is 12.2 Å². The number of halogens is 1. The molecular weight excluding hydrogens is 543 g/mol.